The van der Waals surface area contributed by atoms with E-state index in [1.165, 1.54) is 25.1 Å². The van der Waals surface area contributed by atoms with Gasteiger partial charge < -0.3 is 10.2 Å². The van der Waals surface area contributed by atoms with Gasteiger partial charge >= 0.3 is 5.97 Å². The molecule has 0 saturated carbocycles. The summed E-state index contributed by atoms with van der Waals surface area (Å²) in [4.78, 5) is 22.5. The molecule has 1 aromatic carbocycles. The lowest BCUT2D eigenvalue weighted by atomic mass is 9.98. The first-order chi connectivity index (χ1) is 7.84. The summed E-state index contributed by atoms with van der Waals surface area (Å²) in [6.07, 6.45) is -1.71. The summed E-state index contributed by atoms with van der Waals surface area (Å²) in [5.74, 6) is -1.73. The van der Waals surface area contributed by atoms with Crippen LogP contribution in [0, 0.1) is 0 Å². The molecule has 0 aliphatic rings. The van der Waals surface area contributed by atoms with Crippen molar-refractivity contribution in [2.45, 2.75) is 23.3 Å². The smallest absolute Gasteiger partial charge is 0.337 e. The van der Waals surface area contributed by atoms with Gasteiger partial charge in [0.2, 0.25) is 0 Å². The van der Waals surface area contributed by atoms with Crippen molar-refractivity contribution in [3.05, 3.63) is 29.3 Å². The predicted octanol–water partition coefficient (Wildman–Crippen LogP) is 1.96. The molecule has 0 spiro atoms. The number of carbonyl (C=O) groups is 2. The largest absolute Gasteiger partial charge is 0.479 e. The van der Waals surface area contributed by atoms with E-state index in [4.69, 9.17) is 16.7 Å². The Morgan fingerprint density at radius 1 is 1.35 bits per heavy atom. The van der Waals surface area contributed by atoms with E-state index in [0.717, 1.165) is 0 Å². The standard InChI is InChI=1S/C11H11ClO4S/c1-5(13)9(12)8-4-6(17)2-3-7(8)10(14)11(15)16/h2-4,9-10,14,17H,1H3,(H,15,16). The van der Waals surface area contributed by atoms with E-state index in [1.807, 2.05) is 0 Å². The molecule has 2 unspecified atom stereocenters. The molecular formula is C11H11ClO4S. The third-order valence-electron chi connectivity index (χ3n) is 2.23. The summed E-state index contributed by atoms with van der Waals surface area (Å²) in [5.41, 5.74) is 0.368. The van der Waals surface area contributed by atoms with Gasteiger partial charge in [-0.15, -0.1) is 24.2 Å². The summed E-state index contributed by atoms with van der Waals surface area (Å²) >= 11 is 9.97. The number of carboxylic acid groups (broad SMARTS) is 1. The van der Waals surface area contributed by atoms with Crippen LogP contribution in [-0.2, 0) is 9.59 Å². The number of aliphatic hydroxyl groups excluding tert-OH is 1. The van der Waals surface area contributed by atoms with E-state index in [1.54, 1.807) is 0 Å². The van der Waals surface area contributed by atoms with E-state index < -0.39 is 17.5 Å². The van der Waals surface area contributed by atoms with Crippen molar-refractivity contribution >= 4 is 36.0 Å². The van der Waals surface area contributed by atoms with Crippen molar-refractivity contribution in [3.8, 4) is 0 Å². The zero-order chi connectivity index (χ0) is 13.2. The van der Waals surface area contributed by atoms with Gasteiger partial charge in [-0.3, -0.25) is 4.79 Å². The average Bonchev–Trinajstić information content (AvgIpc) is 2.26. The number of carboxylic acids is 1. The van der Waals surface area contributed by atoms with E-state index in [2.05, 4.69) is 12.6 Å². The van der Waals surface area contributed by atoms with Crippen LogP contribution < -0.4 is 0 Å². The zero-order valence-corrected chi connectivity index (χ0v) is 10.6. The third-order valence-corrected chi connectivity index (χ3v) is 3.05. The Balaban J connectivity index is 3.30. The van der Waals surface area contributed by atoms with Crippen molar-refractivity contribution in [2.75, 3.05) is 0 Å². The second-order valence-corrected chi connectivity index (χ2v) is 4.48. The molecule has 0 saturated heterocycles. The number of aliphatic carboxylic acids is 1. The summed E-state index contributed by atoms with van der Waals surface area (Å²) in [6, 6.07) is 4.40. The maximum absolute atomic E-state index is 11.2. The van der Waals surface area contributed by atoms with Crippen LogP contribution in [-0.4, -0.2) is 22.0 Å². The van der Waals surface area contributed by atoms with Gasteiger partial charge in [0.25, 0.3) is 0 Å². The number of benzene rings is 1. The number of Topliss-reactive ketones (excluding diaryl/α,β-unsaturated/α-hetero) is 1. The number of aliphatic hydroxyl groups is 1. The predicted molar refractivity (Wildman–Crippen MR) is 65.6 cm³/mol. The average molecular weight is 275 g/mol. The Morgan fingerprint density at radius 3 is 2.41 bits per heavy atom. The molecule has 0 aliphatic heterocycles. The van der Waals surface area contributed by atoms with Crippen molar-refractivity contribution in [1.82, 2.24) is 0 Å². The Labute approximate surface area is 109 Å². The highest BCUT2D eigenvalue weighted by molar-refractivity contribution is 7.80. The van der Waals surface area contributed by atoms with Gasteiger partial charge in [0, 0.05) is 4.90 Å². The molecular weight excluding hydrogens is 264 g/mol. The number of thiol groups is 1. The fourth-order valence-corrected chi connectivity index (χ4v) is 1.79. The molecule has 17 heavy (non-hydrogen) atoms. The number of halogens is 1. The second kappa shape index (κ2) is 5.53. The minimum absolute atomic E-state index is 0.102. The number of alkyl halides is 1. The molecule has 2 N–H and O–H groups in total. The number of ketones is 1. The normalized spacial score (nSPS) is 14.1. The van der Waals surface area contributed by atoms with E-state index in [-0.39, 0.29) is 16.9 Å². The number of hydrogen-bond donors (Lipinski definition) is 3. The van der Waals surface area contributed by atoms with Crippen molar-refractivity contribution in [2.24, 2.45) is 0 Å². The molecule has 1 aromatic rings. The van der Waals surface area contributed by atoms with E-state index in [9.17, 15) is 14.7 Å². The molecule has 6 heteroatoms. The fraction of sp³-hybridized carbons (Fsp3) is 0.273. The monoisotopic (exact) mass is 274 g/mol. The quantitative estimate of drug-likeness (QED) is 0.580. The maximum Gasteiger partial charge on any atom is 0.337 e. The Kier molecular flexibility index (Phi) is 4.56. The molecule has 0 radical (unpaired) electrons. The van der Waals surface area contributed by atoms with Crippen LogP contribution in [0.1, 0.15) is 29.5 Å². The molecule has 0 fully saturated rings. The van der Waals surface area contributed by atoms with Crippen molar-refractivity contribution in [3.63, 3.8) is 0 Å². The summed E-state index contributed by atoms with van der Waals surface area (Å²) in [6.45, 7) is 1.29. The number of carbonyl (C=O) groups excluding carboxylic acids is 1. The van der Waals surface area contributed by atoms with Crippen LogP contribution in [0.4, 0.5) is 0 Å². The Morgan fingerprint density at radius 2 is 1.94 bits per heavy atom. The Hall–Kier alpha value is -1.04. The van der Waals surface area contributed by atoms with Gasteiger partial charge in [-0.1, -0.05) is 6.07 Å². The van der Waals surface area contributed by atoms with Gasteiger partial charge in [0.15, 0.2) is 11.9 Å². The molecule has 0 amide bonds. The molecule has 1 rings (SSSR count). The van der Waals surface area contributed by atoms with Crippen LogP contribution in [0.15, 0.2) is 23.1 Å². The van der Waals surface area contributed by atoms with Gasteiger partial charge in [-0.05, 0) is 30.2 Å². The lowest BCUT2D eigenvalue weighted by Crippen LogP contribution is -2.15. The van der Waals surface area contributed by atoms with Crippen molar-refractivity contribution < 1.29 is 19.8 Å². The van der Waals surface area contributed by atoms with E-state index >= 15 is 0 Å². The Bertz CT molecular complexity index is 461. The van der Waals surface area contributed by atoms with Gasteiger partial charge in [-0.25, -0.2) is 4.79 Å². The molecule has 0 heterocycles. The number of hydrogen-bond acceptors (Lipinski definition) is 4. The first-order valence-electron chi connectivity index (χ1n) is 4.72. The summed E-state index contributed by atoms with van der Waals surface area (Å²) in [7, 11) is 0. The molecule has 0 bridgehead atoms. The fourth-order valence-electron chi connectivity index (χ4n) is 1.38. The summed E-state index contributed by atoms with van der Waals surface area (Å²) < 4.78 is 0. The van der Waals surface area contributed by atoms with Crippen LogP contribution in [0.2, 0.25) is 0 Å². The highest BCUT2D eigenvalue weighted by atomic mass is 35.5. The second-order valence-electron chi connectivity index (χ2n) is 3.53. The molecule has 0 aromatic heterocycles. The lowest BCUT2D eigenvalue weighted by Gasteiger charge is -2.15. The van der Waals surface area contributed by atoms with Crippen LogP contribution in [0.3, 0.4) is 0 Å². The number of rotatable bonds is 4. The van der Waals surface area contributed by atoms with Crippen LogP contribution in [0.25, 0.3) is 0 Å². The van der Waals surface area contributed by atoms with Gasteiger partial charge in [0.1, 0.15) is 5.38 Å². The third kappa shape index (κ3) is 3.21. The first-order valence-corrected chi connectivity index (χ1v) is 5.61. The van der Waals surface area contributed by atoms with Crippen LogP contribution in [0.5, 0.6) is 0 Å². The van der Waals surface area contributed by atoms with E-state index in [0.29, 0.717) is 4.90 Å². The molecule has 4 nitrogen and oxygen atoms in total. The van der Waals surface area contributed by atoms with Crippen molar-refractivity contribution in [1.29, 1.82) is 0 Å². The molecule has 0 aliphatic carbocycles. The first kappa shape index (κ1) is 14.0. The SMILES string of the molecule is CC(=O)C(Cl)c1cc(S)ccc1C(O)C(=O)O. The van der Waals surface area contributed by atoms with Crippen LogP contribution >= 0.6 is 24.2 Å². The van der Waals surface area contributed by atoms with Gasteiger partial charge in [0.05, 0.1) is 0 Å². The lowest BCUT2D eigenvalue weighted by molar-refractivity contribution is -0.147. The molecule has 92 valence electrons. The zero-order valence-electron chi connectivity index (χ0n) is 8.92. The highest BCUT2D eigenvalue weighted by Gasteiger charge is 2.24. The maximum atomic E-state index is 11.2. The summed E-state index contributed by atoms with van der Waals surface area (Å²) in [5, 5.41) is 17.3. The highest BCUT2D eigenvalue weighted by Crippen LogP contribution is 2.31. The topological polar surface area (TPSA) is 74.6 Å². The van der Waals surface area contributed by atoms with Gasteiger partial charge in [-0.2, -0.15) is 0 Å². The minimum Gasteiger partial charge on any atom is -0.479 e. The minimum atomic E-state index is -1.71. The molecule has 2 atom stereocenters.